The molecule has 0 spiro atoms. The molecule has 1 amide bonds. The van der Waals surface area contributed by atoms with Crippen LogP contribution in [0, 0.1) is 0 Å². The van der Waals surface area contributed by atoms with E-state index in [1.54, 1.807) is 9.80 Å². The molecule has 0 unspecified atom stereocenters. The minimum atomic E-state index is -4.91. The number of piperazine rings is 1. The summed E-state index contributed by atoms with van der Waals surface area (Å²) in [5.74, 6) is -0.222. The lowest BCUT2D eigenvalue weighted by Crippen LogP contribution is -2.49. The molecule has 5 rings (SSSR count). The van der Waals surface area contributed by atoms with E-state index in [0.717, 1.165) is 50.9 Å². The highest BCUT2D eigenvalue weighted by molar-refractivity contribution is 5.87. The lowest BCUT2D eigenvalue weighted by atomic mass is 10.0. The second-order valence-corrected chi connectivity index (χ2v) is 10.3. The predicted molar refractivity (Wildman–Crippen MR) is 148 cm³/mol. The van der Waals surface area contributed by atoms with Gasteiger partial charge in [-0.05, 0) is 31.1 Å². The van der Waals surface area contributed by atoms with Crippen LogP contribution in [-0.2, 0) is 22.5 Å². The second kappa shape index (κ2) is 13.0. The van der Waals surface area contributed by atoms with E-state index in [4.69, 9.17) is 14.5 Å². The Hall–Kier alpha value is -3.78. The fourth-order valence-corrected chi connectivity index (χ4v) is 5.43. The number of morpholine rings is 1. The monoisotopic (exact) mass is 592 g/mol. The first kappa shape index (κ1) is 29.7. The number of fused-ring (bicyclic) bond motifs is 1. The molecule has 0 saturated carbocycles. The van der Waals surface area contributed by atoms with Gasteiger partial charge in [-0.1, -0.05) is 6.58 Å². The maximum absolute atomic E-state index is 13.1. The molecule has 2 aromatic rings. The number of phenols is 1. The number of aromatic hydroxyl groups is 1. The smallest absolute Gasteiger partial charge is 0.508 e. The summed E-state index contributed by atoms with van der Waals surface area (Å²) >= 11 is 0. The van der Waals surface area contributed by atoms with Gasteiger partial charge in [0.15, 0.2) is 5.75 Å². The maximum atomic E-state index is 13.1. The molecule has 1 N–H and O–H groups in total. The second-order valence-electron chi connectivity index (χ2n) is 10.3. The van der Waals surface area contributed by atoms with E-state index in [1.807, 2.05) is 0 Å². The number of aromatic nitrogens is 2. The number of nitrogens with zero attached hydrogens (tertiary/aromatic N) is 6. The molecule has 4 heterocycles. The maximum Gasteiger partial charge on any atom is 0.573 e. The number of ether oxygens (including phenoxy) is 3. The quantitative estimate of drug-likeness (QED) is 0.345. The van der Waals surface area contributed by atoms with Crippen molar-refractivity contribution in [2.45, 2.75) is 25.7 Å². The van der Waals surface area contributed by atoms with Gasteiger partial charge in [-0.15, -0.1) is 13.2 Å². The minimum absolute atomic E-state index is 0.120. The van der Waals surface area contributed by atoms with Gasteiger partial charge in [0.25, 0.3) is 0 Å². The van der Waals surface area contributed by atoms with Crippen molar-refractivity contribution in [3.05, 3.63) is 42.1 Å². The number of rotatable bonds is 9. The molecule has 0 aliphatic carbocycles. The standard InChI is InChI=1S/C28H35F3N6O5/c1-2-25(39)35-9-11-36(12-10-35)26-21-6-8-37(23-5-4-20(38)18-24(23)42-28(29,30)31)19-22(21)32-27(33-26)41-15-3-7-34-13-16-40-17-14-34/h2,4-5,18,38H,1,3,6-17,19H2. The number of amides is 1. The summed E-state index contributed by atoms with van der Waals surface area (Å²) < 4.78 is 55.0. The van der Waals surface area contributed by atoms with Gasteiger partial charge >= 0.3 is 12.4 Å². The van der Waals surface area contributed by atoms with E-state index in [-0.39, 0.29) is 29.9 Å². The summed E-state index contributed by atoms with van der Waals surface area (Å²) in [6, 6.07) is 3.89. The number of alkyl halides is 3. The van der Waals surface area contributed by atoms with Gasteiger partial charge in [0, 0.05) is 64.0 Å². The van der Waals surface area contributed by atoms with Crippen molar-refractivity contribution >= 4 is 17.4 Å². The number of carbonyl (C=O) groups excluding carboxylic acids is 1. The Morgan fingerprint density at radius 3 is 2.55 bits per heavy atom. The molecule has 0 bridgehead atoms. The van der Waals surface area contributed by atoms with Crippen LogP contribution >= 0.6 is 0 Å². The van der Waals surface area contributed by atoms with E-state index in [2.05, 4.69) is 26.1 Å². The van der Waals surface area contributed by atoms with Gasteiger partial charge in [-0.2, -0.15) is 9.97 Å². The molecule has 3 aliphatic heterocycles. The van der Waals surface area contributed by atoms with Crippen LogP contribution in [0.1, 0.15) is 17.7 Å². The van der Waals surface area contributed by atoms with Gasteiger partial charge in [0.05, 0.1) is 37.7 Å². The van der Waals surface area contributed by atoms with Crippen LogP contribution in [0.5, 0.6) is 17.5 Å². The van der Waals surface area contributed by atoms with Crippen LogP contribution in [0.2, 0.25) is 0 Å². The van der Waals surface area contributed by atoms with Crippen molar-refractivity contribution in [3.63, 3.8) is 0 Å². The zero-order chi connectivity index (χ0) is 29.7. The van der Waals surface area contributed by atoms with Crippen molar-refractivity contribution in [2.24, 2.45) is 0 Å². The first-order chi connectivity index (χ1) is 20.2. The van der Waals surface area contributed by atoms with Crippen molar-refractivity contribution in [2.75, 3.05) is 82.0 Å². The molecular formula is C28H35F3N6O5. The summed E-state index contributed by atoms with van der Waals surface area (Å²) in [7, 11) is 0. The molecule has 228 valence electrons. The molecule has 11 nitrogen and oxygen atoms in total. The third kappa shape index (κ3) is 7.34. The van der Waals surface area contributed by atoms with Crippen molar-refractivity contribution in [1.82, 2.24) is 19.8 Å². The number of benzene rings is 1. The van der Waals surface area contributed by atoms with Crippen LogP contribution in [-0.4, -0.2) is 109 Å². The molecule has 2 fully saturated rings. The summed E-state index contributed by atoms with van der Waals surface area (Å²) in [6.07, 6.45) is -2.36. The summed E-state index contributed by atoms with van der Waals surface area (Å²) in [6.45, 7) is 10.8. The highest BCUT2D eigenvalue weighted by atomic mass is 19.4. The summed E-state index contributed by atoms with van der Waals surface area (Å²) in [4.78, 5) is 29.4. The fraction of sp³-hybridized carbons (Fsp3) is 0.536. The SMILES string of the molecule is C=CC(=O)N1CCN(c2nc(OCCCN3CCOCC3)nc3c2CCN(c2ccc(O)cc2OC(F)(F)F)C3)CC1. The number of anilines is 2. The minimum Gasteiger partial charge on any atom is -0.508 e. The van der Waals surface area contributed by atoms with Crippen molar-refractivity contribution < 1.29 is 37.3 Å². The number of phenolic OH excluding ortho intramolecular Hbond substituents is 1. The molecule has 14 heteroatoms. The first-order valence-corrected chi connectivity index (χ1v) is 14.0. The van der Waals surface area contributed by atoms with Crippen LogP contribution in [0.3, 0.4) is 0 Å². The van der Waals surface area contributed by atoms with Crippen LogP contribution < -0.4 is 19.3 Å². The van der Waals surface area contributed by atoms with E-state index in [9.17, 15) is 23.1 Å². The van der Waals surface area contributed by atoms with E-state index >= 15 is 0 Å². The molecule has 42 heavy (non-hydrogen) atoms. The Kier molecular flexibility index (Phi) is 9.21. The fourth-order valence-electron chi connectivity index (χ4n) is 5.43. The lowest BCUT2D eigenvalue weighted by molar-refractivity contribution is -0.274. The Labute approximate surface area is 242 Å². The highest BCUT2D eigenvalue weighted by Gasteiger charge is 2.34. The van der Waals surface area contributed by atoms with E-state index in [1.165, 1.54) is 18.2 Å². The molecule has 0 radical (unpaired) electrons. The summed E-state index contributed by atoms with van der Waals surface area (Å²) in [5, 5.41) is 9.81. The Morgan fingerprint density at radius 1 is 1.07 bits per heavy atom. The topological polar surface area (TPSA) is 104 Å². The van der Waals surface area contributed by atoms with Crippen LogP contribution in [0.25, 0.3) is 0 Å². The number of hydrogen-bond acceptors (Lipinski definition) is 10. The van der Waals surface area contributed by atoms with Gasteiger partial charge in [-0.25, -0.2) is 0 Å². The molecule has 1 aromatic carbocycles. The largest absolute Gasteiger partial charge is 0.573 e. The summed E-state index contributed by atoms with van der Waals surface area (Å²) in [5.41, 5.74) is 1.73. The zero-order valence-corrected chi connectivity index (χ0v) is 23.3. The van der Waals surface area contributed by atoms with Crippen molar-refractivity contribution in [3.8, 4) is 17.5 Å². The number of carbonyl (C=O) groups is 1. The molecule has 3 aliphatic rings. The number of hydrogen-bond donors (Lipinski definition) is 1. The van der Waals surface area contributed by atoms with E-state index in [0.29, 0.717) is 57.3 Å². The Morgan fingerprint density at radius 2 is 1.83 bits per heavy atom. The molecule has 0 atom stereocenters. The Balaban J connectivity index is 1.36. The predicted octanol–water partition coefficient (Wildman–Crippen LogP) is 2.58. The number of halogens is 3. The molecule has 1 aromatic heterocycles. The molecular weight excluding hydrogens is 557 g/mol. The Bertz CT molecular complexity index is 1270. The normalized spacial score (nSPS) is 18.0. The van der Waals surface area contributed by atoms with Gasteiger partial charge in [-0.3, -0.25) is 9.69 Å². The first-order valence-electron chi connectivity index (χ1n) is 14.0. The molecule has 2 saturated heterocycles. The average Bonchev–Trinajstić information content (AvgIpc) is 2.98. The van der Waals surface area contributed by atoms with E-state index < -0.39 is 12.1 Å². The average molecular weight is 593 g/mol. The highest BCUT2D eigenvalue weighted by Crippen LogP contribution is 2.39. The van der Waals surface area contributed by atoms with Gasteiger partial charge in [0.1, 0.15) is 11.6 Å². The zero-order valence-electron chi connectivity index (χ0n) is 23.3. The third-order valence-electron chi connectivity index (χ3n) is 7.55. The van der Waals surface area contributed by atoms with Crippen LogP contribution in [0.15, 0.2) is 30.9 Å². The third-order valence-corrected chi connectivity index (χ3v) is 7.55. The van der Waals surface area contributed by atoms with Gasteiger partial charge in [0.2, 0.25) is 5.91 Å². The van der Waals surface area contributed by atoms with Crippen LogP contribution in [0.4, 0.5) is 24.7 Å². The lowest BCUT2D eigenvalue weighted by Gasteiger charge is -2.38. The van der Waals surface area contributed by atoms with Gasteiger partial charge < -0.3 is 34.0 Å². The van der Waals surface area contributed by atoms with Crippen molar-refractivity contribution in [1.29, 1.82) is 0 Å².